The third-order valence-electron chi connectivity index (χ3n) is 3.83. The molecule has 1 fully saturated rings. The van der Waals surface area contributed by atoms with Gasteiger partial charge in [0.15, 0.2) is 5.75 Å². The van der Waals surface area contributed by atoms with Crippen LogP contribution in [0.1, 0.15) is 19.8 Å². The van der Waals surface area contributed by atoms with E-state index in [4.69, 9.17) is 4.74 Å². The summed E-state index contributed by atoms with van der Waals surface area (Å²) in [6.45, 7) is 5.00. The number of methoxy groups -OCH3 is 1. The molecule has 1 aliphatic rings. The van der Waals surface area contributed by atoms with Crippen LogP contribution in [0.25, 0.3) is 0 Å². The van der Waals surface area contributed by atoms with Gasteiger partial charge in [0.25, 0.3) is 0 Å². The summed E-state index contributed by atoms with van der Waals surface area (Å²) >= 11 is 0. The summed E-state index contributed by atoms with van der Waals surface area (Å²) < 4.78 is 5.07. The number of benzene rings is 1. The van der Waals surface area contributed by atoms with E-state index in [1.165, 1.54) is 13.5 Å². The third kappa shape index (κ3) is 3.01. The Hall–Kier alpha value is -1.82. The van der Waals surface area contributed by atoms with Crippen LogP contribution in [0.4, 0.5) is 11.4 Å². The Balaban J connectivity index is 2.11. The summed E-state index contributed by atoms with van der Waals surface area (Å²) in [4.78, 5) is 13.2. The van der Waals surface area contributed by atoms with Crippen molar-refractivity contribution in [3.05, 3.63) is 28.3 Å². The lowest BCUT2D eigenvalue weighted by Gasteiger charge is -2.23. The largest absolute Gasteiger partial charge is 0.490 e. The van der Waals surface area contributed by atoms with E-state index < -0.39 is 4.92 Å². The molecule has 6 heteroatoms. The fourth-order valence-electron chi connectivity index (χ4n) is 2.79. The number of likely N-dealkylation sites (N-methyl/N-ethyl adjacent to an activating group) is 1. The van der Waals surface area contributed by atoms with Crippen LogP contribution < -0.4 is 10.1 Å². The number of ether oxygens (including phenoxy) is 1. The summed E-state index contributed by atoms with van der Waals surface area (Å²) in [5.41, 5.74) is 0.536. The Morgan fingerprint density at radius 2 is 2.35 bits per heavy atom. The first kappa shape index (κ1) is 14.6. The zero-order valence-corrected chi connectivity index (χ0v) is 12.0. The van der Waals surface area contributed by atoms with Crippen molar-refractivity contribution in [2.75, 3.05) is 32.1 Å². The minimum atomic E-state index is -0.395. The topological polar surface area (TPSA) is 67.6 Å². The van der Waals surface area contributed by atoms with Gasteiger partial charge >= 0.3 is 5.69 Å². The monoisotopic (exact) mass is 279 g/mol. The van der Waals surface area contributed by atoms with Crippen LogP contribution in [0.5, 0.6) is 5.75 Å². The highest BCUT2D eigenvalue weighted by atomic mass is 16.6. The lowest BCUT2D eigenvalue weighted by atomic mass is 10.2. The van der Waals surface area contributed by atoms with E-state index in [0.29, 0.717) is 17.5 Å². The van der Waals surface area contributed by atoms with E-state index in [0.717, 1.165) is 26.1 Å². The Morgan fingerprint density at radius 1 is 1.55 bits per heavy atom. The van der Waals surface area contributed by atoms with Gasteiger partial charge in [-0.2, -0.15) is 0 Å². The van der Waals surface area contributed by atoms with Crippen molar-refractivity contribution in [3.8, 4) is 5.75 Å². The van der Waals surface area contributed by atoms with E-state index in [9.17, 15) is 10.1 Å². The normalized spacial score (nSPS) is 19.0. The highest BCUT2D eigenvalue weighted by Crippen LogP contribution is 2.34. The average molecular weight is 279 g/mol. The van der Waals surface area contributed by atoms with Crippen molar-refractivity contribution in [3.63, 3.8) is 0 Å². The second kappa shape index (κ2) is 6.56. The van der Waals surface area contributed by atoms with Gasteiger partial charge in [-0.15, -0.1) is 0 Å². The quantitative estimate of drug-likeness (QED) is 0.640. The Labute approximate surface area is 118 Å². The molecule has 1 aromatic carbocycles. The summed E-state index contributed by atoms with van der Waals surface area (Å²) in [5, 5.41) is 14.4. The minimum absolute atomic E-state index is 0.0102. The number of nitrogens with one attached hydrogen (secondary N) is 1. The van der Waals surface area contributed by atoms with Crippen molar-refractivity contribution in [2.24, 2.45) is 0 Å². The highest BCUT2D eigenvalue weighted by Gasteiger charge is 2.25. The highest BCUT2D eigenvalue weighted by molar-refractivity contribution is 5.68. The molecule has 1 heterocycles. The standard InChI is InChI=1S/C14H21N3O3/c1-3-16-9-5-6-11(16)10-15-12-7-4-8-13(20-2)14(12)17(18)19/h4,7-8,11,15H,3,5-6,9-10H2,1-2H3. The van der Waals surface area contributed by atoms with E-state index in [1.54, 1.807) is 18.2 Å². The van der Waals surface area contributed by atoms with Crippen LogP contribution in [0, 0.1) is 10.1 Å². The first-order chi connectivity index (χ1) is 9.67. The molecule has 0 bridgehead atoms. The smallest absolute Gasteiger partial charge is 0.333 e. The first-order valence-electron chi connectivity index (χ1n) is 6.96. The molecule has 1 aliphatic heterocycles. The molecule has 20 heavy (non-hydrogen) atoms. The van der Waals surface area contributed by atoms with Gasteiger partial charge in [-0.05, 0) is 38.1 Å². The average Bonchev–Trinajstić information content (AvgIpc) is 2.91. The number of para-hydroxylation sites is 1. The number of nitrogens with zero attached hydrogens (tertiary/aromatic N) is 2. The number of nitro groups is 1. The van der Waals surface area contributed by atoms with Crippen molar-refractivity contribution >= 4 is 11.4 Å². The zero-order valence-electron chi connectivity index (χ0n) is 12.0. The molecular weight excluding hydrogens is 258 g/mol. The molecule has 0 saturated carbocycles. The SMILES string of the molecule is CCN1CCCC1CNc1cccc(OC)c1[N+](=O)[O-]. The number of hydrogen-bond acceptors (Lipinski definition) is 5. The molecule has 0 amide bonds. The first-order valence-corrected chi connectivity index (χ1v) is 6.96. The van der Waals surface area contributed by atoms with Crippen LogP contribution in [-0.4, -0.2) is 42.6 Å². The number of hydrogen-bond donors (Lipinski definition) is 1. The number of rotatable bonds is 6. The molecule has 1 unspecified atom stereocenters. The zero-order chi connectivity index (χ0) is 14.5. The number of nitro benzene ring substituents is 1. The van der Waals surface area contributed by atoms with Crippen molar-refractivity contribution < 1.29 is 9.66 Å². The molecular formula is C14H21N3O3. The molecule has 0 aliphatic carbocycles. The Morgan fingerprint density at radius 3 is 3.00 bits per heavy atom. The predicted molar refractivity (Wildman–Crippen MR) is 78.4 cm³/mol. The van der Waals surface area contributed by atoms with Gasteiger partial charge in [0.1, 0.15) is 5.69 Å². The van der Waals surface area contributed by atoms with Crippen molar-refractivity contribution in [2.45, 2.75) is 25.8 Å². The van der Waals surface area contributed by atoms with Gasteiger partial charge < -0.3 is 10.1 Å². The van der Waals surface area contributed by atoms with Gasteiger partial charge in [0, 0.05) is 12.6 Å². The van der Waals surface area contributed by atoms with Crippen LogP contribution in [-0.2, 0) is 0 Å². The maximum Gasteiger partial charge on any atom is 0.333 e. The molecule has 0 spiro atoms. The summed E-state index contributed by atoms with van der Waals surface area (Å²) in [7, 11) is 1.45. The van der Waals surface area contributed by atoms with Crippen molar-refractivity contribution in [1.29, 1.82) is 0 Å². The van der Waals surface area contributed by atoms with E-state index in [1.807, 2.05) is 0 Å². The molecule has 0 radical (unpaired) electrons. The number of anilines is 1. The van der Waals surface area contributed by atoms with Gasteiger partial charge in [-0.25, -0.2) is 0 Å². The van der Waals surface area contributed by atoms with Crippen molar-refractivity contribution in [1.82, 2.24) is 4.90 Å². The van der Waals surface area contributed by atoms with E-state index in [2.05, 4.69) is 17.1 Å². The third-order valence-corrected chi connectivity index (χ3v) is 3.83. The lowest BCUT2D eigenvalue weighted by molar-refractivity contribution is -0.384. The van der Waals surface area contributed by atoms with Gasteiger partial charge in [0.05, 0.1) is 12.0 Å². The molecule has 110 valence electrons. The maximum absolute atomic E-state index is 11.2. The van der Waals surface area contributed by atoms with Gasteiger partial charge in [-0.1, -0.05) is 13.0 Å². The molecule has 1 aromatic rings. The summed E-state index contributed by atoms with van der Waals surface area (Å²) in [6.07, 6.45) is 2.33. The molecule has 1 atom stereocenters. The second-order valence-corrected chi connectivity index (χ2v) is 4.92. The molecule has 2 rings (SSSR count). The Bertz CT molecular complexity index is 479. The number of likely N-dealkylation sites (tertiary alicyclic amines) is 1. The van der Waals surface area contributed by atoms with Crippen LogP contribution >= 0.6 is 0 Å². The van der Waals surface area contributed by atoms with Gasteiger partial charge in [-0.3, -0.25) is 15.0 Å². The molecule has 1 saturated heterocycles. The van der Waals surface area contributed by atoms with Crippen LogP contribution in [0.2, 0.25) is 0 Å². The molecule has 1 N–H and O–H groups in total. The predicted octanol–water partition coefficient (Wildman–Crippen LogP) is 2.50. The second-order valence-electron chi connectivity index (χ2n) is 4.92. The minimum Gasteiger partial charge on any atom is -0.490 e. The van der Waals surface area contributed by atoms with Gasteiger partial charge in [0.2, 0.25) is 0 Å². The molecule has 0 aromatic heterocycles. The summed E-state index contributed by atoms with van der Waals surface area (Å²) in [5.74, 6) is 0.291. The van der Waals surface area contributed by atoms with Crippen LogP contribution in [0.15, 0.2) is 18.2 Å². The summed E-state index contributed by atoms with van der Waals surface area (Å²) in [6, 6.07) is 5.55. The molecule has 6 nitrogen and oxygen atoms in total. The lowest BCUT2D eigenvalue weighted by Crippen LogP contribution is -2.34. The Kier molecular flexibility index (Phi) is 4.79. The van der Waals surface area contributed by atoms with E-state index >= 15 is 0 Å². The van der Waals surface area contributed by atoms with Crippen LogP contribution in [0.3, 0.4) is 0 Å². The fraction of sp³-hybridized carbons (Fsp3) is 0.571. The fourth-order valence-corrected chi connectivity index (χ4v) is 2.79. The van der Waals surface area contributed by atoms with E-state index in [-0.39, 0.29) is 5.69 Å². The maximum atomic E-state index is 11.2.